The molecule has 0 aliphatic heterocycles. The second-order valence-electron chi connectivity index (χ2n) is 5.56. The number of carbonyl (C=O) groups is 2. The van der Waals surface area contributed by atoms with Gasteiger partial charge in [0.15, 0.2) is 6.10 Å². The maximum atomic E-state index is 12.9. The number of nitrogens with zero attached hydrogens (tertiary/aromatic N) is 1. The summed E-state index contributed by atoms with van der Waals surface area (Å²) in [5.41, 5.74) is 1.57. The van der Waals surface area contributed by atoms with Gasteiger partial charge in [0.1, 0.15) is 11.6 Å². The number of amides is 1. The molecule has 0 fully saturated rings. The summed E-state index contributed by atoms with van der Waals surface area (Å²) in [6.45, 7) is 1.47. The van der Waals surface area contributed by atoms with Crippen LogP contribution >= 0.6 is 0 Å². The molecular weight excluding hydrogens is 337 g/mol. The summed E-state index contributed by atoms with van der Waals surface area (Å²) >= 11 is 0. The Balaban J connectivity index is 1.59. The van der Waals surface area contributed by atoms with E-state index in [2.05, 4.69) is 15.3 Å². The summed E-state index contributed by atoms with van der Waals surface area (Å²) in [6, 6.07) is 12.0. The van der Waals surface area contributed by atoms with E-state index >= 15 is 0 Å². The van der Waals surface area contributed by atoms with E-state index in [9.17, 15) is 14.0 Å². The Bertz CT molecular complexity index is 891. The number of esters is 1. The summed E-state index contributed by atoms with van der Waals surface area (Å²) in [5.74, 6) is -0.827. The van der Waals surface area contributed by atoms with Gasteiger partial charge in [0.2, 0.25) is 0 Å². The van der Waals surface area contributed by atoms with Crippen LogP contribution in [0.5, 0.6) is 0 Å². The fraction of sp³-hybridized carbons (Fsp3) is 0.105. The minimum Gasteiger partial charge on any atom is -0.449 e. The van der Waals surface area contributed by atoms with E-state index in [4.69, 9.17) is 4.74 Å². The standard InChI is InChI=1S/C19H16FN3O3/c1-12(18(24)23-16-8-6-15(20)7-9-16)26-19(25)14-4-2-13(3-5-14)17-21-10-11-22-17/h2-12H,1H3,(H,21,22)(H,23,24). The number of halogens is 1. The number of aromatic nitrogens is 2. The van der Waals surface area contributed by atoms with Gasteiger partial charge in [0, 0.05) is 23.6 Å². The topological polar surface area (TPSA) is 84.1 Å². The molecule has 132 valence electrons. The lowest BCUT2D eigenvalue weighted by atomic mass is 10.1. The molecule has 0 aliphatic rings. The van der Waals surface area contributed by atoms with Crippen molar-refractivity contribution in [2.75, 3.05) is 5.32 Å². The normalized spacial score (nSPS) is 11.6. The van der Waals surface area contributed by atoms with Crippen LogP contribution in [0.15, 0.2) is 60.9 Å². The molecule has 1 unspecified atom stereocenters. The van der Waals surface area contributed by atoms with Gasteiger partial charge in [-0.25, -0.2) is 14.2 Å². The average molecular weight is 353 g/mol. The molecule has 0 aliphatic carbocycles. The van der Waals surface area contributed by atoms with Gasteiger partial charge < -0.3 is 15.0 Å². The van der Waals surface area contributed by atoms with Gasteiger partial charge in [0.05, 0.1) is 5.56 Å². The number of anilines is 1. The van der Waals surface area contributed by atoms with Crippen molar-refractivity contribution in [1.29, 1.82) is 0 Å². The van der Waals surface area contributed by atoms with Crippen LogP contribution in [-0.4, -0.2) is 27.9 Å². The minimum absolute atomic E-state index is 0.321. The van der Waals surface area contributed by atoms with Crippen molar-refractivity contribution in [1.82, 2.24) is 9.97 Å². The van der Waals surface area contributed by atoms with Crippen molar-refractivity contribution < 1.29 is 18.7 Å². The summed E-state index contributed by atoms with van der Waals surface area (Å²) in [6.07, 6.45) is 2.34. The second-order valence-corrected chi connectivity index (χ2v) is 5.56. The van der Waals surface area contributed by atoms with Crippen LogP contribution in [-0.2, 0) is 9.53 Å². The van der Waals surface area contributed by atoms with Crippen molar-refractivity contribution in [3.05, 3.63) is 72.3 Å². The highest BCUT2D eigenvalue weighted by molar-refractivity contribution is 5.97. The number of ether oxygens (including phenoxy) is 1. The number of imidazole rings is 1. The molecular formula is C19H16FN3O3. The van der Waals surface area contributed by atoms with Gasteiger partial charge in [-0.2, -0.15) is 0 Å². The molecule has 1 atom stereocenters. The van der Waals surface area contributed by atoms with E-state index < -0.39 is 23.8 Å². The molecule has 2 aromatic carbocycles. The van der Waals surface area contributed by atoms with Crippen LogP contribution in [0, 0.1) is 5.82 Å². The fourth-order valence-corrected chi connectivity index (χ4v) is 2.25. The van der Waals surface area contributed by atoms with Crippen molar-refractivity contribution in [2.24, 2.45) is 0 Å². The van der Waals surface area contributed by atoms with Gasteiger partial charge >= 0.3 is 5.97 Å². The molecule has 3 aromatic rings. The maximum Gasteiger partial charge on any atom is 0.338 e. The third-order valence-corrected chi connectivity index (χ3v) is 3.66. The first-order chi connectivity index (χ1) is 12.5. The smallest absolute Gasteiger partial charge is 0.338 e. The average Bonchev–Trinajstić information content (AvgIpc) is 3.18. The lowest BCUT2D eigenvalue weighted by Gasteiger charge is -2.13. The van der Waals surface area contributed by atoms with Gasteiger partial charge in [-0.1, -0.05) is 12.1 Å². The maximum absolute atomic E-state index is 12.9. The number of benzene rings is 2. The third-order valence-electron chi connectivity index (χ3n) is 3.66. The van der Waals surface area contributed by atoms with Crippen molar-refractivity contribution in [2.45, 2.75) is 13.0 Å². The fourth-order valence-electron chi connectivity index (χ4n) is 2.25. The molecule has 2 N–H and O–H groups in total. The lowest BCUT2D eigenvalue weighted by Crippen LogP contribution is -2.30. The Morgan fingerprint density at radius 2 is 1.81 bits per heavy atom. The van der Waals surface area contributed by atoms with Crippen LogP contribution in [0.3, 0.4) is 0 Å². The predicted molar refractivity (Wildman–Crippen MR) is 93.9 cm³/mol. The SMILES string of the molecule is CC(OC(=O)c1ccc(-c2ncc[nH]2)cc1)C(=O)Nc1ccc(F)cc1. The monoisotopic (exact) mass is 353 g/mol. The molecule has 0 radical (unpaired) electrons. The third kappa shape index (κ3) is 4.13. The van der Waals surface area contributed by atoms with Crippen LogP contribution in [0.2, 0.25) is 0 Å². The van der Waals surface area contributed by atoms with E-state index in [1.807, 2.05) is 0 Å². The summed E-state index contributed by atoms with van der Waals surface area (Å²) in [5, 5.41) is 2.56. The van der Waals surface area contributed by atoms with Crippen LogP contribution in [0.4, 0.5) is 10.1 Å². The van der Waals surface area contributed by atoms with Gasteiger partial charge in [0.25, 0.3) is 5.91 Å². The van der Waals surface area contributed by atoms with Crippen LogP contribution < -0.4 is 5.32 Å². The molecule has 1 aromatic heterocycles. The highest BCUT2D eigenvalue weighted by Gasteiger charge is 2.19. The number of hydrogen-bond acceptors (Lipinski definition) is 4. The van der Waals surface area contributed by atoms with E-state index in [0.29, 0.717) is 17.1 Å². The highest BCUT2D eigenvalue weighted by atomic mass is 19.1. The molecule has 1 amide bonds. The van der Waals surface area contributed by atoms with Crippen LogP contribution in [0.1, 0.15) is 17.3 Å². The van der Waals surface area contributed by atoms with E-state index in [1.165, 1.54) is 31.2 Å². The number of H-pyrrole nitrogens is 1. The van der Waals surface area contributed by atoms with Gasteiger partial charge in [-0.3, -0.25) is 4.79 Å². The number of carbonyl (C=O) groups excluding carboxylic acids is 2. The number of aromatic amines is 1. The zero-order valence-corrected chi connectivity index (χ0v) is 13.9. The first-order valence-corrected chi connectivity index (χ1v) is 7.90. The Hall–Kier alpha value is -3.48. The summed E-state index contributed by atoms with van der Waals surface area (Å²) in [7, 11) is 0. The Morgan fingerprint density at radius 1 is 1.12 bits per heavy atom. The molecule has 0 saturated heterocycles. The molecule has 0 bridgehead atoms. The number of rotatable bonds is 5. The Labute approximate surface area is 149 Å². The molecule has 1 heterocycles. The summed E-state index contributed by atoms with van der Waals surface area (Å²) in [4.78, 5) is 31.4. The quantitative estimate of drug-likeness (QED) is 0.689. The number of hydrogen-bond donors (Lipinski definition) is 2. The first kappa shape index (κ1) is 17.3. The molecule has 26 heavy (non-hydrogen) atoms. The van der Waals surface area contributed by atoms with Crippen molar-refractivity contribution >= 4 is 17.6 Å². The first-order valence-electron chi connectivity index (χ1n) is 7.90. The van der Waals surface area contributed by atoms with E-state index in [-0.39, 0.29) is 0 Å². The van der Waals surface area contributed by atoms with Crippen LogP contribution in [0.25, 0.3) is 11.4 Å². The lowest BCUT2D eigenvalue weighted by molar-refractivity contribution is -0.123. The molecule has 6 nitrogen and oxygen atoms in total. The van der Waals surface area contributed by atoms with Crippen molar-refractivity contribution in [3.8, 4) is 11.4 Å². The molecule has 7 heteroatoms. The van der Waals surface area contributed by atoms with E-state index in [0.717, 1.165) is 5.56 Å². The summed E-state index contributed by atoms with van der Waals surface area (Å²) < 4.78 is 18.0. The highest BCUT2D eigenvalue weighted by Crippen LogP contribution is 2.16. The van der Waals surface area contributed by atoms with E-state index in [1.54, 1.807) is 36.7 Å². The predicted octanol–water partition coefficient (Wildman–Crippen LogP) is 3.40. The van der Waals surface area contributed by atoms with Gasteiger partial charge in [-0.15, -0.1) is 0 Å². The number of nitrogens with one attached hydrogen (secondary N) is 2. The molecule has 3 rings (SSSR count). The second kappa shape index (κ2) is 7.60. The molecule has 0 spiro atoms. The minimum atomic E-state index is -1.00. The molecule has 0 saturated carbocycles. The van der Waals surface area contributed by atoms with Crippen molar-refractivity contribution in [3.63, 3.8) is 0 Å². The Kier molecular flexibility index (Phi) is 5.07. The zero-order chi connectivity index (χ0) is 18.5. The Morgan fingerprint density at radius 3 is 2.42 bits per heavy atom. The largest absolute Gasteiger partial charge is 0.449 e. The zero-order valence-electron chi connectivity index (χ0n) is 13.9. The van der Waals surface area contributed by atoms with Gasteiger partial charge in [-0.05, 0) is 43.3 Å².